The molecule has 1 heterocycles. The first-order valence-corrected chi connectivity index (χ1v) is 8.37. The van der Waals surface area contributed by atoms with Crippen LogP contribution in [0, 0.1) is 0 Å². The zero-order valence-electron chi connectivity index (χ0n) is 14.1. The Morgan fingerprint density at radius 1 is 0.962 bits per heavy atom. The number of nitrogens with two attached hydrogens (primary N) is 1. The van der Waals surface area contributed by atoms with Crippen LogP contribution in [0.4, 0.5) is 5.69 Å². The average molecular weight is 342 g/mol. The molecule has 4 N–H and O–H groups in total. The van der Waals surface area contributed by atoms with Gasteiger partial charge < -0.3 is 16.0 Å². The number of rotatable bonds is 5. The van der Waals surface area contributed by atoms with Crippen LogP contribution in [0.2, 0.25) is 0 Å². The van der Waals surface area contributed by atoms with E-state index in [1.165, 1.54) is 5.56 Å². The summed E-state index contributed by atoms with van der Waals surface area (Å²) in [6.07, 6.45) is 0. The zero-order chi connectivity index (χ0) is 17.9. The molecule has 0 fully saturated rings. The molecule has 0 aliphatic heterocycles. The number of carbonyl (C=O) groups excluding carboxylic acids is 1. The molecule has 0 spiro atoms. The number of nitrogens with one attached hydrogen (secondary N) is 2. The molecule has 5 heteroatoms. The van der Waals surface area contributed by atoms with Gasteiger partial charge in [0.25, 0.3) is 5.91 Å². The van der Waals surface area contributed by atoms with E-state index in [2.05, 4.69) is 27.4 Å². The maximum absolute atomic E-state index is 11.6. The number of carbonyl (C=O) groups is 1. The molecule has 4 aromatic rings. The van der Waals surface area contributed by atoms with Crippen LogP contribution in [0.15, 0.2) is 72.8 Å². The number of hydrogen-bond donors (Lipinski definition) is 3. The van der Waals surface area contributed by atoms with Crippen LogP contribution in [0.25, 0.3) is 22.4 Å². The topological polar surface area (TPSA) is 83.8 Å². The second-order valence-corrected chi connectivity index (χ2v) is 6.07. The largest absolute Gasteiger partial charge is 0.381 e. The third-order valence-corrected chi connectivity index (χ3v) is 4.28. The maximum Gasteiger partial charge on any atom is 0.250 e. The Labute approximate surface area is 150 Å². The Kier molecular flexibility index (Phi) is 4.11. The SMILES string of the molecule is NC(=O)c1cccc2[nH]c(-c3ccc(CNc4ccccc4)cc3)nc12. The van der Waals surface area contributed by atoms with Gasteiger partial charge in [-0.15, -0.1) is 0 Å². The third kappa shape index (κ3) is 3.15. The fourth-order valence-corrected chi connectivity index (χ4v) is 2.91. The zero-order valence-corrected chi connectivity index (χ0v) is 14.1. The van der Waals surface area contributed by atoms with Crippen molar-refractivity contribution in [1.29, 1.82) is 0 Å². The van der Waals surface area contributed by atoms with E-state index < -0.39 is 5.91 Å². The van der Waals surface area contributed by atoms with Crippen molar-refractivity contribution in [3.05, 3.63) is 83.9 Å². The van der Waals surface area contributed by atoms with Gasteiger partial charge in [-0.1, -0.05) is 48.5 Å². The molecular formula is C21H18N4O. The Balaban J connectivity index is 1.56. The number of hydrogen-bond acceptors (Lipinski definition) is 3. The molecule has 0 radical (unpaired) electrons. The van der Waals surface area contributed by atoms with Crippen molar-refractivity contribution >= 4 is 22.6 Å². The van der Waals surface area contributed by atoms with Crippen LogP contribution in [-0.2, 0) is 6.54 Å². The van der Waals surface area contributed by atoms with E-state index in [-0.39, 0.29) is 0 Å². The van der Waals surface area contributed by atoms with Crippen molar-refractivity contribution in [3.63, 3.8) is 0 Å². The molecule has 0 aliphatic rings. The van der Waals surface area contributed by atoms with Crippen LogP contribution >= 0.6 is 0 Å². The van der Waals surface area contributed by atoms with E-state index in [1.807, 2.05) is 48.5 Å². The van der Waals surface area contributed by atoms with Crippen LogP contribution in [0.5, 0.6) is 0 Å². The van der Waals surface area contributed by atoms with E-state index >= 15 is 0 Å². The molecule has 1 amide bonds. The molecule has 0 atom stereocenters. The lowest BCUT2D eigenvalue weighted by molar-refractivity contribution is 0.100. The van der Waals surface area contributed by atoms with Crippen molar-refractivity contribution in [2.24, 2.45) is 5.73 Å². The van der Waals surface area contributed by atoms with Gasteiger partial charge in [-0.25, -0.2) is 4.98 Å². The predicted molar refractivity (Wildman–Crippen MR) is 104 cm³/mol. The molecule has 1 aromatic heterocycles. The molecule has 3 aromatic carbocycles. The molecule has 0 saturated heterocycles. The summed E-state index contributed by atoms with van der Waals surface area (Å²) >= 11 is 0. The number of fused-ring (bicyclic) bond motifs is 1. The number of imidazole rings is 1. The second kappa shape index (κ2) is 6.72. The first-order chi connectivity index (χ1) is 12.7. The highest BCUT2D eigenvalue weighted by atomic mass is 16.1. The normalized spacial score (nSPS) is 10.8. The van der Waals surface area contributed by atoms with Gasteiger partial charge in [-0.2, -0.15) is 0 Å². The summed E-state index contributed by atoms with van der Waals surface area (Å²) in [6.45, 7) is 0.746. The second-order valence-electron chi connectivity index (χ2n) is 6.07. The van der Waals surface area contributed by atoms with Crippen molar-refractivity contribution in [2.45, 2.75) is 6.54 Å². The summed E-state index contributed by atoms with van der Waals surface area (Å²) in [5.41, 5.74) is 10.5. The molecule has 0 saturated carbocycles. The number of nitrogens with zero attached hydrogens (tertiary/aromatic N) is 1. The number of primary amides is 1. The molecule has 0 aliphatic carbocycles. The average Bonchev–Trinajstić information content (AvgIpc) is 3.11. The van der Waals surface area contributed by atoms with Gasteiger partial charge in [-0.3, -0.25) is 4.79 Å². The molecule has 128 valence electrons. The van der Waals surface area contributed by atoms with Crippen molar-refractivity contribution in [2.75, 3.05) is 5.32 Å². The van der Waals surface area contributed by atoms with Crippen LogP contribution in [0.3, 0.4) is 0 Å². The lowest BCUT2D eigenvalue weighted by Crippen LogP contribution is -2.11. The maximum atomic E-state index is 11.6. The fraction of sp³-hybridized carbons (Fsp3) is 0.0476. The summed E-state index contributed by atoms with van der Waals surface area (Å²) < 4.78 is 0. The molecule has 26 heavy (non-hydrogen) atoms. The van der Waals surface area contributed by atoms with Gasteiger partial charge in [0.15, 0.2) is 0 Å². The summed E-state index contributed by atoms with van der Waals surface area (Å²) in [4.78, 5) is 19.4. The van der Waals surface area contributed by atoms with E-state index in [0.29, 0.717) is 11.1 Å². The van der Waals surface area contributed by atoms with Crippen LogP contribution in [0.1, 0.15) is 15.9 Å². The molecular weight excluding hydrogens is 324 g/mol. The predicted octanol–water partition coefficient (Wildman–Crippen LogP) is 3.94. The minimum Gasteiger partial charge on any atom is -0.381 e. The number of aromatic amines is 1. The number of anilines is 1. The number of benzene rings is 3. The monoisotopic (exact) mass is 342 g/mol. The number of H-pyrrole nitrogens is 1. The molecule has 4 rings (SSSR count). The smallest absolute Gasteiger partial charge is 0.250 e. The Hall–Kier alpha value is -3.60. The lowest BCUT2D eigenvalue weighted by atomic mass is 10.1. The van der Waals surface area contributed by atoms with Crippen molar-refractivity contribution < 1.29 is 4.79 Å². The minimum absolute atomic E-state index is 0.425. The number of para-hydroxylation sites is 2. The molecule has 0 unspecified atom stereocenters. The van der Waals surface area contributed by atoms with Gasteiger partial charge in [-0.05, 0) is 29.8 Å². The van der Waals surface area contributed by atoms with Gasteiger partial charge in [0, 0.05) is 17.8 Å². The van der Waals surface area contributed by atoms with Gasteiger partial charge in [0.05, 0.1) is 11.1 Å². The van der Waals surface area contributed by atoms with Crippen LogP contribution < -0.4 is 11.1 Å². The molecule has 0 bridgehead atoms. The first kappa shape index (κ1) is 15.9. The van der Waals surface area contributed by atoms with Gasteiger partial charge in [0.1, 0.15) is 11.3 Å². The lowest BCUT2D eigenvalue weighted by Gasteiger charge is -2.06. The number of amides is 1. The summed E-state index contributed by atoms with van der Waals surface area (Å²) in [5, 5.41) is 3.39. The quantitative estimate of drug-likeness (QED) is 0.513. The third-order valence-electron chi connectivity index (χ3n) is 4.28. The number of aromatic nitrogens is 2. The van der Waals surface area contributed by atoms with E-state index in [1.54, 1.807) is 12.1 Å². The standard InChI is InChI=1S/C21H18N4O/c22-20(26)17-7-4-8-18-19(17)25-21(24-18)15-11-9-14(10-12-15)13-23-16-5-2-1-3-6-16/h1-12,23H,13H2,(H2,22,26)(H,24,25). The Morgan fingerprint density at radius 2 is 1.73 bits per heavy atom. The summed E-state index contributed by atoms with van der Waals surface area (Å²) in [7, 11) is 0. The van der Waals surface area contributed by atoms with Crippen molar-refractivity contribution in [1.82, 2.24) is 9.97 Å². The highest BCUT2D eigenvalue weighted by molar-refractivity contribution is 6.04. The van der Waals surface area contributed by atoms with Crippen molar-refractivity contribution in [3.8, 4) is 11.4 Å². The van der Waals surface area contributed by atoms with Crippen LogP contribution in [-0.4, -0.2) is 15.9 Å². The van der Waals surface area contributed by atoms with E-state index in [4.69, 9.17) is 5.73 Å². The first-order valence-electron chi connectivity index (χ1n) is 8.37. The highest BCUT2D eigenvalue weighted by Gasteiger charge is 2.12. The fourth-order valence-electron chi connectivity index (χ4n) is 2.91. The Bertz CT molecular complexity index is 1050. The minimum atomic E-state index is -0.476. The highest BCUT2D eigenvalue weighted by Crippen LogP contribution is 2.23. The molecule has 5 nitrogen and oxygen atoms in total. The Morgan fingerprint density at radius 3 is 2.46 bits per heavy atom. The summed E-state index contributed by atoms with van der Waals surface area (Å²) in [6, 6.07) is 23.6. The van der Waals surface area contributed by atoms with Gasteiger partial charge >= 0.3 is 0 Å². The summed E-state index contributed by atoms with van der Waals surface area (Å²) in [5.74, 6) is 0.243. The van der Waals surface area contributed by atoms with E-state index in [9.17, 15) is 4.79 Å². The van der Waals surface area contributed by atoms with Gasteiger partial charge in [0.2, 0.25) is 0 Å². The van der Waals surface area contributed by atoms with E-state index in [0.717, 1.165) is 29.1 Å².